The van der Waals surface area contributed by atoms with Gasteiger partial charge in [0.15, 0.2) is 0 Å². The number of nitrogens with zero attached hydrogens (tertiary/aromatic N) is 3. The molecule has 0 saturated heterocycles. The molecule has 4 nitrogen and oxygen atoms in total. The summed E-state index contributed by atoms with van der Waals surface area (Å²) in [6, 6.07) is 4.95. The topological polar surface area (TPSA) is 40.0 Å². The van der Waals surface area contributed by atoms with Crippen molar-refractivity contribution in [2.75, 3.05) is 14.1 Å². The first kappa shape index (κ1) is 21.3. The molecule has 138 valence electrons. The number of nitrogens with one attached hydrogen (secondary N) is 1. The van der Waals surface area contributed by atoms with Crippen molar-refractivity contribution >= 4 is 35.4 Å². The zero-order chi connectivity index (χ0) is 19.2. The summed E-state index contributed by atoms with van der Waals surface area (Å²) in [5.74, 6) is -0.0699. The number of rotatable bonds is 4. The normalized spacial score (nSPS) is 13.9. The Balaban J connectivity index is 3.06. The zero-order valence-corrected chi connectivity index (χ0v) is 15.8. The highest BCUT2D eigenvalue weighted by Crippen LogP contribution is 2.27. The van der Waals surface area contributed by atoms with Crippen molar-refractivity contribution < 1.29 is 13.2 Å². The van der Waals surface area contributed by atoms with E-state index in [2.05, 4.69) is 15.4 Å². The Morgan fingerprint density at radius 1 is 1.28 bits per heavy atom. The van der Waals surface area contributed by atoms with Crippen molar-refractivity contribution in [1.82, 2.24) is 10.3 Å². The van der Waals surface area contributed by atoms with Gasteiger partial charge in [0.1, 0.15) is 5.70 Å². The van der Waals surface area contributed by atoms with E-state index in [-0.39, 0.29) is 18.0 Å². The molecule has 0 unspecified atom stereocenters. The van der Waals surface area contributed by atoms with E-state index in [1.807, 2.05) is 0 Å². The Hall–Kier alpha value is -1.73. The molecule has 1 aromatic rings. The van der Waals surface area contributed by atoms with Crippen LogP contribution in [-0.2, 0) is 0 Å². The Labute approximate surface area is 155 Å². The number of alkyl halides is 3. The van der Waals surface area contributed by atoms with Gasteiger partial charge in [-0.05, 0) is 31.1 Å². The second-order valence-electron chi connectivity index (χ2n) is 5.08. The second kappa shape index (κ2) is 9.10. The minimum absolute atomic E-state index is 0.0699. The highest BCUT2D eigenvalue weighted by atomic mass is 35.5. The fourth-order valence-electron chi connectivity index (χ4n) is 1.82. The summed E-state index contributed by atoms with van der Waals surface area (Å²) in [5, 5.41) is 8.31. The van der Waals surface area contributed by atoms with E-state index in [4.69, 9.17) is 23.2 Å². The fraction of sp³-hybridized carbons (Fsp3) is 0.375. The summed E-state index contributed by atoms with van der Waals surface area (Å²) in [6.07, 6.45) is -2.91. The molecule has 25 heavy (non-hydrogen) atoms. The molecule has 0 aromatic heterocycles. The van der Waals surface area contributed by atoms with Gasteiger partial charge in [0, 0.05) is 19.7 Å². The molecule has 0 radical (unpaired) electrons. The van der Waals surface area contributed by atoms with Crippen LogP contribution in [0, 0.1) is 0 Å². The van der Waals surface area contributed by atoms with Crippen molar-refractivity contribution in [2.24, 2.45) is 10.1 Å². The van der Waals surface area contributed by atoms with Gasteiger partial charge in [0.2, 0.25) is 5.96 Å². The van der Waals surface area contributed by atoms with Crippen LogP contribution in [0.5, 0.6) is 0 Å². The summed E-state index contributed by atoms with van der Waals surface area (Å²) < 4.78 is 39.6. The molecule has 0 saturated carbocycles. The molecule has 0 bridgehead atoms. The van der Waals surface area contributed by atoms with Gasteiger partial charge in [0.25, 0.3) is 0 Å². The third kappa shape index (κ3) is 5.93. The summed E-state index contributed by atoms with van der Waals surface area (Å²) >= 11 is 12.1. The Morgan fingerprint density at radius 3 is 2.28 bits per heavy atom. The molecular weight excluding hydrogens is 376 g/mol. The minimum atomic E-state index is -4.52. The average Bonchev–Trinajstić information content (AvgIpc) is 2.53. The number of benzene rings is 1. The molecule has 1 aromatic carbocycles. The van der Waals surface area contributed by atoms with Crippen molar-refractivity contribution in [2.45, 2.75) is 26.4 Å². The van der Waals surface area contributed by atoms with E-state index >= 15 is 0 Å². The Bertz CT molecular complexity index is 677. The van der Waals surface area contributed by atoms with E-state index in [0.29, 0.717) is 15.6 Å². The van der Waals surface area contributed by atoms with Crippen LogP contribution in [0.1, 0.15) is 25.8 Å². The van der Waals surface area contributed by atoms with Crippen LogP contribution in [-0.4, -0.2) is 37.5 Å². The second-order valence-corrected chi connectivity index (χ2v) is 5.90. The number of halogens is 5. The zero-order valence-electron chi connectivity index (χ0n) is 14.2. The van der Waals surface area contributed by atoms with Crippen molar-refractivity contribution in [3.05, 3.63) is 45.1 Å². The van der Waals surface area contributed by atoms with E-state index in [1.54, 1.807) is 25.1 Å². The number of hydrazone groups is 1. The van der Waals surface area contributed by atoms with Gasteiger partial charge in [-0.15, -0.1) is 0 Å². The van der Waals surface area contributed by atoms with Crippen LogP contribution in [0.15, 0.2) is 39.6 Å². The van der Waals surface area contributed by atoms with Gasteiger partial charge >= 0.3 is 6.18 Å². The van der Waals surface area contributed by atoms with E-state index in [1.165, 1.54) is 32.2 Å². The molecule has 0 aliphatic heterocycles. The molecule has 0 aliphatic rings. The molecule has 1 rings (SSSR count). The van der Waals surface area contributed by atoms with Crippen molar-refractivity contribution in [1.29, 1.82) is 0 Å². The lowest BCUT2D eigenvalue weighted by atomic mass is 10.2. The van der Waals surface area contributed by atoms with Gasteiger partial charge in [0.05, 0.1) is 16.3 Å². The van der Waals surface area contributed by atoms with Crippen LogP contribution in [0.2, 0.25) is 10.0 Å². The molecule has 0 heterocycles. The quantitative estimate of drug-likeness (QED) is 0.439. The molecule has 0 aliphatic carbocycles. The average molecular weight is 395 g/mol. The molecular formula is C16H19Cl2F3N4. The SMILES string of the molecule is CC/C(C)=C(/NC(=NC)N(C)/N=C/c1c(Cl)cccc1Cl)C(F)(F)F. The number of allylic oxidation sites excluding steroid dienone is 2. The van der Waals surface area contributed by atoms with E-state index in [0.717, 1.165) is 0 Å². The first-order valence-corrected chi connectivity index (χ1v) is 8.09. The van der Waals surface area contributed by atoms with Crippen LogP contribution in [0.3, 0.4) is 0 Å². The van der Waals surface area contributed by atoms with Gasteiger partial charge < -0.3 is 5.32 Å². The standard InChI is InChI=1S/C16H19Cl2F3N4/c1-5-10(2)14(16(19,20)21)24-15(22-3)25(4)23-9-11-12(17)7-6-8-13(11)18/h6-9H,5H2,1-4H3,(H,22,24)/b14-10+,23-9+. The summed E-state index contributed by atoms with van der Waals surface area (Å²) in [5.41, 5.74) is -0.224. The van der Waals surface area contributed by atoms with Crippen LogP contribution < -0.4 is 5.32 Å². The maximum atomic E-state index is 13.2. The van der Waals surface area contributed by atoms with Gasteiger partial charge in [-0.3, -0.25) is 4.99 Å². The lowest BCUT2D eigenvalue weighted by Gasteiger charge is -2.22. The van der Waals surface area contributed by atoms with Crippen molar-refractivity contribution in [3.63, 3.8) is 0 Å². The highest BCUT2D eigenvalue weighted by Gasteiger charge is 2.36. The van der Waals surface area contributed by atoms with E-state index < -0.39 is 11.9 Å². The maximum absolute atomic E-state index is 13.2. The molecule has 0 spiro atoms. The molecule has 0 amide bonds. The van der Waals surface area contributed by atoms with Crippen molar-refractivity contribution in [3.8, 4) is 0 Å². The van der Waals surface area contributed by atoms with Crippen LogP contribution in [0.4, 0.5) is 13.2 Å². The maximum Gasteiger partial charge on any atom is 0.431 e. The first-order chi connectivity index (χ1) is 11.6. The molecule has 0 atom stereocenters. The summed E-state index contributed by atoms with van der Waals surface area (Å²) in [7, 11) is 2.83. The Morgan fingerprint density at radius 2 is 1.84 bits per heavy atom. The number of hydrogen-bond donors (Lipinski definition) is 1. The first-order valence-electron chi connectivity index (χ1n) is 7.34. The summed E-state index contributed by atoms with van der Waals surface area (Å²) in [4.78, 5) is 3.83. The minimum Gasteiger partial charge on any atom is -0.321 e. The number of hydrogen-bond acceptors (Lipinski definition) is 2. The molecule has 1 N–H and O–H groups in total. The fourth-order valence-corrected chi connectivity index (χ4v) is 2.32. The lowest BCUT2D eigenvalue weighted by molar-refractivity contribution is -0.0961. The predicted molar refractivity (Wildman–Crippen MR) is 97.4 cm³/mol. The lowest BCUT2D eigenvalue weighted by Crippen LogP contribution is -2.40. The van der Waals surface area contributed by atoms with Crippen LogP contribution >= 0.6 is 23.2 Å². The smallest absolute Gasteiger partial charge is 0.321 e. The third-order valence-electron chi connectivity index (χ3n) is 3.36. The highest BCUT2D eigenvalue weighted by molar-refractivity contribution is 6.38. The third-order valence-corrected chi connectivity index (χ3v) is 4.01. The van der Waals surface area contributed by atoms with Gasteiger partial charge in [-0.25, -0.2) is 5.01 Å². The Kier molecular flexibility index (Phi) is 7.76. The van der Waals surface area contributed by atoms with Crippen LogP contribution in [0.25, 0.3) is 0 Å². The van der Waals surface area contributed by atoms with E-state index in [9.17, 15) is 13.2 Å². The largest absolute Gasteiger partial charge is 0.431 e. The monoisotopic (exact) mass is 394 g/mol. The van der Waals surface area contributed by atoms with Gasteiger partial charge in [-0.1, -0.05) is 36.2 Å². The predicted octanol–water partition coefficient (Wildman–Crippen LogP) is 5.08. The molecule has 9 heteroatoms. The molecule has 0 fully saturated rings. The number of aliphatic imine (C=N–C) groups is 1. The summed E-state index contributed by atoms with van der Waals surface area (Å²) in [6.45, 7) is 3.06. The number of guanidine groups is 1. The van der Waals surface area contributed by atoms with Gasteiger partial charge in [-0.2, -0.15) is 18.3 Å².